The summed E-state index contributed by atoms with van der Waals surface area (Å²) in [4.78, 5) is 66.8. The summed E-state index contributed by atoms with van der Waals surface area (Å²) in [5.41, 5.74) is 6.84. The molecule has 14 heterocycles. The van der Waals surface area contributed by atoms with Crippen molar-refractivity contribution in [3.63, 3.8) is 0 Å². The van der Waals surface area contributed by atoms with Gasteiger partial charge >= 0.3 is 55.4 Å². The minimum atomic E-state index is -4.64. The Morgan fingerprint density at radius 1 is 0.459 bits per heavy atom. The first kappa shape index (κ1) is 133. The molecule has 7 aliphatic rings. The van der Waals surface area contributed by atoms with Crippen LogP contribution in [-0.2, 0) is 107 Å². The molecule has 7 aliphatic heterocycles. The van der Waals surface area contributed by atoms with E-state index in [0.29, 0.717) is 32.4 Å². The number of alkyl halides is 3. The van der Waals surface area contributed by atoms with E-state index in [4.69, 9.17) is 103 Å². The summed E-state index contributed by atoms with van der Waals surface area (Å²) in [5.74, 6) is 0. The zero-order valence-corrected chi connectivity index (χ0v) is 94.7. The molecule has 0 saturated heterocycles. The second-order valence-corrected chi connectivity index (χ2v) is 47.4. The molecule has 7 aromatic rings. The number of carbonyl (C=O) groups excluding carboxylic acids is 5. The molecule has 1 radical (unpaired) electrons. The quantitative estimate of drug-likeness (QED) is 0.0147. The second-order valence-electron chi connectivity index (χ2n) is 33.2. The predicted molar refractivity (Wildman–Crippen MR) is 573 cm³/mol. The number of likely N-dealkylation sites (N-methyl/N-ethyl adjacent to an activating group) is 7. The van der Waals surface area contributed by atoms with Crippen LogP contribution in [0.4, 0.5) is 32.3 Å². The van der Waals surface area contributed by atoms with Crippen molar-refractivity contribution in [1.82, 2.24) is 36.4 Å². The Morgan fingerprint density at radius 2 is 0.733 bits per heavy atom. The van der Waals surface area contributed by atoms with E-state index < -0.39 is 47.2 Å². The number of fused-ring (bicyclic) bond motifs is 7. The number of halogens is 13. The second kappa shape index (κ2) is 65.5. The van der Waals surface area contributed by atoms with Crippen LogP contribution in [0, 0.1) is 0 Å². The molecule has 25 nitrogen and oxygen atoms in total. The van der Waals surface area contributed by atoms with Gasteiger partial charge in [0.15, 0.2) is 0 Å². The van der Waals surface area contributed by atoms with Crippen LogP contribution in [0.25, 0.3) is 0 Å². The van der Waals surface area contributed by atoms with E-state index in [1.807, 2.05) is 98.9 Å². The predicted octanol–water partition coefficient (Wildman–Crippen LogP) is 26.6. The van der Waals surface area contributed by atoms with Gasteiger partial charge in [-0.1, -0.05) is 68.7 Å². The molecular weight excluding hydrogens is 2300 g/mol. The van der Waals surface area contributed by atoms with Crippen molar-refractivity contribution in [3.8, 4) is 0 Å². The molecule has 5 N–H and O–H groups in total. The van der Waals surface area contributed by atoms with E-state index in [1.54, 1.807) is 133 Å². The number of nitrogens with zero attached hydrogens (tertiary/aromatic N) is 3. The number of ether oxygens (including phenoxy) is 12. The zero-order valence-electron chi connectivity index (χ0n) is 77.1. The van der Waals surface area contributed by atoms with Crippen LogP contribution in [0.2, 0.25) is 20.1 Å². The van der Waals surface area contributed by atoms with E-state index in [-0.39, 0.29) is 95.9 Å². The number of nitrogens with one attached hydrogen (secondary N) is 5. The Morgan fingerprint density at radius 3 is 1.06 bits per heavy atom. The Kier molecular flexibility index (Phi) is 64.6. The van der Waals surface area contributed by atoms with Gasteiger partial charge in [0.25, 0.3) is 0 Å². The van der Waals surface area contributed by atoms with Crippen LogP contribution in [0.3, 0.4) is 0 Å². The Hall–Kier alpha value is -1.97. The number of hydrogen-bond acceptors (Lipinski definition) is 31. The molecular formula is C88H133BBr4Cl6F3N8O17S8. The molecule has 14 rings (SSSR count). The van der Waals surface area contributed by atoms with Crippen molar-refractivity contribution in [2.75, 3.05) is 141 Å². The van der Waals surface area contributed by atoms with Gasteiger partial charge in [0.2, 0.25) is 6.29 Å². The van der Waals surface area contributed by atoms with Crippen LogP contribution in [0.1, 0.15) is 221 Å². The number of hydrogen-bond donors (Lipinski definition) is 6. The van der Waals surface area contributed by atoms with Gasteiger partial charge in [0.1, 0.15) is 65.1 Å². The Labute approximate surface area is 896 Å². The summed E-state index contributed by atoms with van der Waals surface area (Å²) < 4.78 is 103. The molecule has 769 valence electrons. The summed E-state index contributed by atoms with van der Waals surface area (Å²) in [6, 6.07) is 6.57. The van der Waals surface area contributed by atoms with Gasteiger partial charge < -0.3 is 93.2 Å². The molecule has 0 fully saturated rings. The van der Waals surface area contributed by atoms with Crippen molar-refractivity contribution in [2.45, 2.75) is 222 Å². The topological polar surface area (TPSA) is 275 Å². The maximum absolute atomic E-state index is 12.0. The normalized spacial score (nSPS) is 17.9. The fraction of sp³-hybridized carbons (Fsp3) is 0.625. The third-order valence-electron chi connectivity index (χ3n) is 18.1. The molecule has 0 spiro atoms. The van der Waals surface area contributed by atoms with Crippen molar-refractivity contribution < 1.29 is 94.0 Å². The van der Waals surface area contributed by atoms with E-state index in [0.717, 1.165) is 153 Å². The summed E-state index contributed by atoms with van der Waals surface area (Å²) in [5, 5.41) is 25.3. The molecule has 7 unspecified atom stereocenters. The molecule has 0 bridgehead atoms. The molecule has 7 aromatic heterocycles. The summed E-state index contributed by atoms with van der Waals surface area (Å²) in [6.45, 7) is 31.9. The maximum atomic E-state index is 12.0. The first-order valence-corrected chi connectivity index (χ1v) is 52.2. The average molecular weight is 2430 g/mol. The van der Waals surface area contributed by atoms with E-state index >= 15 is 0 Å². The fourth-order valence-electron chi connectivity index (χ4n) is 12.8. The Bertz CT molecular complexity index is 4570. The summed E-state index contributed by atoms with van der Waals surface area (Å²) in [6.07, 6.45) is -0.869. The van der Waals surface area contributed by atoms with Crippen LogP contribution >= 0.6 is 227 Å². The molecule has 135 heavy (non-hydrogen) atoms. The first-order valence-electron chi connectivity index (χ1n) is 41.2. The number of rotatable bonds is 14. The van der Waals surface area contributed by atoms with Gasteiger partial charge in [-0.3, -0.25) is 4.79 Å². The van der Waals surface area contributed by atoms with Gasteiger partial charge in [-0.2, -0.15) is 13.2 Å². The van der Waals surface area contributed by atoms with Crippen LogP contribution in [0.5, 0.6) is 0 Å². The number of aldehydes is 1. The standard InChI is InChI=1S/C14H19BrClNO3S.C14H20BrNO3S.C10H18O5.C9H11BrClNOS.C9H12BrNOS.2C9H12ClNOS.C9H13NOS.C2HF3O.3CH4.BHNS.2ClH/c1-14(2,3)20-13(18)17(4)7-9-11-8(5-6-19-9)10(16)12(15)21-11;1-14(2,3)19-13(17)16(4)8-10-12-9(5-6-18-10)7-11(15)20-12;1-9(2,3)14-7(11)13-8(12)15-10(4,5)6;1-12-4-6-8-5(2-3-13-6)7(11)9(10)14-8;1-11-5-7-9-6(2-3-12-7)4-8(10)13-9;2*1-11-4-8-9-6(2-3-12-8)7(10)5-13-9;1-10-6-8-9-7(2-4-11-8)3-5-12-9;3-2(4,5)1-6;;;;1-2-3;;/h9H,5-7H2,1-4H3;7,10H,5-6,8H2,1-4H3;1-6H3;6,12H,2-4H2,1H3;4,7,11H,2-3,5H2,1H3;2*5,8,11H,2-4H2,1H3;3,5,8,10H,2,4,6H2,1H3;1H;3*1H4;3H;2*1H. The minimum absolute atomic E-state index is 0. The van der Waals surface area contributed by atoms with E-state index in [1.165, 1.54) is 66.4 Å². The molecule has 47 heteroatoms. The molecule has 2 amide bonds. The third kappa shape index (κ3) is 47.0. The SMILES string of the molecule is C.C.C.CC(C)(C)OC(=O)OC(=O)OC(C)(C)C.CN(CC1OCCc2c1sc(Br)c2Cl)C(=O)OC(C)(C)C.CN(CC1OCCc2cc(Br)sc21)C(=O)OC(C)(C)C.CNCC1OCCc2c(Cl)csc21.CNCC1OCCc2c(Cl)csc21.CNCC1OCCc2c1sc(Br)c2Cl.CNCC1OCCc2cc(Br)sc21.CNCC1OCCc2ccsc21.Cl.Cl.O=CC(F)(F)F.[B]=NS. The van der Waals surface area contributed by atoms with E-state index in [2.05, 4.69) is 143 Å². The van der Waals surface area contributed by atoms with Crippen LogP contribution in [0.15, 0.2) is 53.8 Å². The molecule has 0 saturated carbocycles. The monoisotopic (exact) mass is 2420 g/mol. The van der Waals surface area contributed by atoms with Gasteiger partial charge in [-0.05, 0) is 290 Å². The van der Waals surface area contributed by atoms with Gasteiger partial charge in [-0.25, -0.2) is 19.2 Å². The van der Waals surface area contributed by atoms with Crippen molar-refractivity contribution >= 4 is 266 Å². The van der Waals surface area contributed by atoms with Crippen LogP contribution in [-0.4, -0.2) is 218 Å². The number of thiol groups is 1. The summed E-state index contributed by atoms with van der Waals surface area (Å²) >= 11 is 53.7. The van der Waals surface area contributed by atoms with Crippen LogP contribution < -0.4 is 26.6 Å². The van der Waals surface area contributed by atoms with Gasteiger partial charge in [-0.15, -0.1) is 104 Å². The average Bonchev–Trinajstić information content (AvgIpc) is 1.65. The van der Waals surface area contributed by atoms with Crippen molar-refractivity contribution in [1.29, 1.82) is 0 Å². The fourth-order valence-corrected chi connectivity index (χ4v) is 24.5. The summed E-state index contributed by atoms with van der Waals surface area (Å²) in [7, 11) is 17.5. The molecule has 0 aliphatic carbocycles. The van der Waals surface area contributed by atoms with Gasteiger partial charge in [0.05, 0.1) is 94.6 Å². The van der Waals surface area contributed by atoms with Crippen molar-refractivity contribution in [2.24, 2.45) is 4.30 Å². The van der Waals surface area contributed by atoms with E-state index in [9.17, 15) is 32.3 Å². The van der Waals surface area contributed by atoms with Gasteiger partial charge in [0, 0.05) is 91.7 Å². The first-order chi connectivity index (χ1) is 61.0. The third-order valence-corrected chi connectivity index (χ3v) is 31.4. The number of amides is 2. The molecule has 7 atom stereocenters. The Balaban J connectivity index is 0.00000150. The number of carbonyl (C=O) groups is 5. The van der Waals surface area contributed by atoms with Crippen molar-refractivity contribution in [3.05, 3.63) is 143 Å². The zero-order chi connectivity index (χ0) is 97.2. The number of thiophene rings is 7. The molecule has 0 aromatic carbocycles.